The van der Waals surface area contributed by atoms with Gasteiger partial charge in [-0.15, -0.1) is 0 Å². The number of benzene rings is 1. The molecule has 1 unspecified atom stereocenters. The normalized spacial score (nSPS) is 17.2. The van der Waals surface area contributed by atoms with Crippen LogP contribution >= 0.6 is 0 Å². The van der Waals surface area contributed by atoms with E-state index < -0.39 is 6.10 Å². The third kappa shape index (κ3) is 4.02. The van der Waals surface area contributed by atoms with Crippen LogP contribution in [0.4, 0.5) is 0 Å². The van der Waals surface area contributed by atoms with Gasteiger partial charge in [0.25, 0.3) is 0 Å². The van der Waals surface area contributed by atoms with E-state index in [1.807, 2.05) is 38.1 Å². The Hall–Kier alpha value is -1.06. The quantitative estimate of drug-likeness (QED) is 0.825. The summed E-state index contributed by atoms with van der Waals surface area (Å²) in [6, 6.07) is 7.63. The smallest absolute Gasteiger partial charge is 0.120 e. The summed E-state index contributed by atoms with van der Waals surface area (Å²) in [5, 5.41) is 9.96. The summed E-state index contributed by atoms with van der Waals surface area (Å²) < 4.78 is 11.1. The van der Waals surface area contributed by atoms with Crippen molar-refractivity contribution in [2.24, 2.45) is 0 Å². The van der Waals surface area contributed by atoms with E-state index in [-0.39, 0.29) is 6.10 Å². The molecule has 3 heteroatoms. The molecule has 1 aliphatic rings. The van der Waals surface area contributed by atoms with Crippen LogP contribution in [0.15, 0.2) is 24.3 Å². The lowest BCUT2D eigenvalue weighted by atomic mass is 10.1. The summed E-state index contributed by atoms with van der Waals surface area (Å²) >= 11 is 0. The standard InChI is InChI=1S/C14H20O3/c1-10(2)16-9-14(15)11-4-3-5-13(8-11)17-12-6-7-12/h3-5,8,10,12,14-15H,6-7,9H2,1-2H3. The van der Waals surface area contributed by atoms with Gasteiger partial charge in [0, 0.05) is 0 Å². The van der Waals surface area contributed by atoms with E-state index >= 15 is 0 Å². The van der Waals surface area contributed by atoms with E-state index in [4.69, 9.17) is 9.47 Å². The van der Waals surface area contributed by atoms with Gasteiger partial charge in [0.15, 0.2) is 0 Å². The minimum Gasteiger partial charge on any atom is -0.490 e. The molecule has 0 saturated heterocycles. The Morgan fingerprint density at radius 1 is 1.35 bits per heavy atom. The van der Waals surface area contributed by atoms with Crippen molar-refractivity contribution in [2.45, 2.75) is 45.0 Å². The van der Waals surface area contributed by atoms with Crippen LogP contribution < -0.4 is 4.74 Å². The number of hydrogen-bond donors (Lipinski definition) is 1. The van der Waals surface area contributed by atoms with Crippen molar-refractivity contribution >= 4 is 0 Å². The van der Waals surface area contributed by atoms with Crippen molar-refractivity contribution in [1.82, 2.24) is 0 Å². The second-order valence-corrected chi connectivity index (χ2v) is 4.79. The van der Waals surface area contributed by atoms with Gasteiger partial charge in [0.2, 0.25) is 0 Å². The predicted molar refractivity (Wildman–Crippen MR) is 66.1 cm³/mol. The fourth-order valence-electron chi connectivity index (χ4n) is 1.55. The Morgan fingerprint density at radius 2 is 2.12 bits per heavy atom. The third-order valence-corrected chi connectivity index (χ3v) is 2.66. The summed E-state index contributed by atoms with van der Waals surface area (Å²) in [6.45, 7) is 4.24. The Labute approximate surface area is 102 Å². The van der Waals surface area contributed by atoms with E-state index in [2.05, 4.69) is 0 Å². The molecule has 3 nitrogen and oxygen atoms in total. The first kappa shape index (κ1) is 12.4. The van der Waals surface area contributed by atoms with E-state index in [0.29, 0.717) is 12.7 Å². The van der Waals surface area contributed by atoms with Crippen LogP contribution in [-0.4, -0.2) is 23.9 Å². The van der Waals surface area contributed by atoms with Crippen LogP contribution in [0.25, 0.3) is 0 Å². The molecule has 1 fully saturated rings. The van der Waals surface area contributed by atoms with E-state index in [0.717, 1.165) is 24.2 Å². The van der Waals surface area contributed by atoms with Crippen molar-refractivity contribution in [3.63, 3.8) is 0 Å². The molecule has 1 aromatic carbocycles. The summed E-state index contributed by atoms with van der Waals surface area (Å²) in [6.07, 6.45) is 2.22. The Morgan fingerprint density at radius 3 is 2.76 bits per heavy atom. The molecule has 17 heavy (non-hydrogen) atoms. The van der Waals surface area contributed by atoms with Crippen LogP contribution in [0.3, 0.4) is 0 Å². The lowest BCUT2D eigenvalue weighted by Crippen LogP contribution is -2.12. The average molecular weight is 236 g/mol. The molecule has 0 radical (unpaired) electrons. The van der Waals surface area contributed by atoms with Crippen LogP contribution in [0.5, 0.6) is 5.75 Å². The highest BCUT2D eigenvalue weighted by molar-refractivity contribution is 5.30. The molecule has 1 N–H and O–H groups in total. The molecule has 1 aliphatic carbocycles. The molecule has 0 aliphatic heterocycles. The van der Waals surface area contributed by atoms with Gasteiger partial charge in [-0.2, -0.15) is 0 Å². The minimum absolute atomic E-state index is 0.135. The number of aliphatic hydroxyl groups excluding tert-OH is 1. The second kappa shape index (κ2) is 5.52. The largest absolute Gasteiger partial charge is 0.490 e. The van der Waals surface area contributed by atoms with Gasteiger partial charge in [0.1, 0.15) is 11.9 Å². The molecule has 0 heterocycles. The van der Waals surface area contributed by atoms with Crippen molar-refractivity contribution in [1.29, 1.82) is 0 Å². The summed E-state index contributed by atoms with van der Waals surface area (Å²) in [5.41, 5.74) is 0.851. The molecular formula is C14H20O3. The number of aliphatic hydroxyl groups is 1. The molecule has 1 saturated carbocycles. The monoisotopic (exact) mass is 236 g/mol. The first-order chi connectivity index (χ1) is 8.15. The van der Waals surface area contributed by atoms with Gasteiger partial charge in [-0.25, -0.2) is 0 Å². The van der Waals surface area contributed by atoms with Crippen molar-refractivity contribution in [3.8, 4) is 5.75 Å². The highest BCUT2D eigenvalue weighted by Gasteiger charge is 2.23. The number of rotatable bonds is 6. The molecular weight excluding hydrogens is 216 g/mol. The first-order valence-electron chi connectivity index (χ1n) is 6.21. The van der Waals surface area contributed by atoms with Crippen molar-refractivity contribution in [2.75, 3.05) is 6.61 Å². The van der Waals surface area contributed by atoms with Gasteiger partial charge >= 0.3 is 0 Å². The van der Waals surface area contributed by atoms with Gasteiger partial charge in [0.05, 0.1) is 18.8 Å². The third-order valence-electron chi connectivity index (χ3n) is 2.66. The molecule has 0 bridgehead atoms. The maximum absolute atomic E-state index is 9.96. The molecule has 0 amide bonds. The number of ether oxygens (including phenoxy) is 2. The van der Waals surface area contributed by atoms with Crippen LogP contribution in [0.2, 0.25) is 0 Å². The summed E-state index contributed by atoms with van der Waals surface area (Å²) in [5.74, 6) is 0.841. The lowest BCUT2D eigenvalue weighted by molar-refractivity contribution is 0.00485. The first-order valence-corrected chi connectivity index (χ1v) is 6.21. The Kier molecular flexibility index (Phi) is 4.02. The molecule has 2 rings (SSSR count). The minimum atomic E-state index is -0.583. The zero-order valence-electron chi connectivity index (χ0n) is 10.4. The van der Waals surface area contributed by atoms with E-state index in [1.165, 1.54) is 0 Å². The molecule has 94 valence electrons. The van der Waals surface area contributed by atoms with Crippen LogP contribution in [-0.2, 0) is 4.74 Å². The van der Waals surface area contributed by atoms with Gasteiger partial charge in [-0.05, 0) is 44.4 Å². The molecule has 1 atom stereocenters. The summed E-state index contributed by atoms with van der Waals surface area (Å²) in [4.78, 5) is 0. The van der Waals surface area contributed by atoms with Crippen molar-refractivity contribution in [3.05, 3.63) is 29.8 Å². The lowest BCUT2D eigenvalue weighted by Gasteiger charge is -2.14. The van der Waals surface area contributed by atoms with Crippen molar-refractivity contribution < 1.29 is 14.6 Å². The number of hydrogen-bond acceptors (Lipinski definition) is 3. The maximum Gasteiger partial charge on any atom is 0.120 e. The topological polar surface area (TPSA) is 38.7 Å². The average Bonchev–Trinajstić information content (AvgIpc) is 3.10. The molecule has 0 spiro atoms. The Balaban J connectivity index is 1.93. The fraction of sp³-hybridized carbons (Fsp3) is 0.571. The zero-order valence-corrected chi connectivity index (χ0v) is 10.4. The van der Waals surface area contributed by atoms with Crippen LogP contribution in [0, 0.1) is 0 Å². The highest BCUT2D eigenvalue weighted by Crippen LogP contribution is 2.28. The Bertz CT molecular complexity index is 358. The van der Waals surface area contributed by atoms with Gasteiger partial charge < -0.3 is 14.6 Å². The SMILES string of the molecule is CC(C)OCC(O)c1cccc(OC2CC2)c1. The van der Waals surface area contributed by atoms with Gasteiger partial charge in [-0.1, -0.05) is 12.1 Å². The van der Waals surface area contributed by atoms with Crippen LogP contribution in [0.1, 0.15) is 38.4 Å². The molecule has 1 aromatic rings. The zero-order chi connectivity index (χ0) is 12.3. The van der Waals surface area contributed by atoms with E-state index in [9.17, 15) is 5.11 Å². The fourth-order valence-corrected chi connectivity index (χ4v) is 1.55. The summed E-state index contributed by atoms with van der Waals surface area (Å²) in [7, 11) is 0. The maximum atomic E-state index is 9.96. The molecule has 0 aromatic heterocycles. The van der Waals surface area contributed by atoms with Gasteiger partial charge in [-0.3, -0.25) is 0 Å². The second-order valence-electron chi connectivity index (χ2n) is 4.79. The van der Waals surface area contributed by atoms with E-state index in [1.54, 1.807) is 0 Å². The highest BCUT2D eigenvalue weighted by atomic mass is 16.5. The predicted octanol–water partition coefficient (Wildman–Crippen LogP) is 2.69.